The maximum Gasteiger partial charge on any atom is 0.132 e. The summed E-state index contributed by atoms with van der Waals surface area (Å²) >= 11 is 0. The Kier molecular flexibility index (Phi) is 3.75. The van der Waals surface area contributed by atoms with E-state index < -0.39 is 0 Å². The zero-order valence-corrected chi connectivity index (χ0v) is 9.98. The molecule has 0 atom stereocenters. The molecular weight excluding hydrogens is 200 g/mol. The summed E-state index contributed by atoms with van der Waals surface area (Å²) in [5, 5.41) is 0. The first-order valence-electron chi connectivity index (χ1n) is 6.31. The van der Waals surface area contributed by atoms with E-state index in [0.717, 1.165) is 45.1 Å². The molecule has 0 saturated heterocycles. The van der Waals surface area contributed by atoms with E-state index in [4.69, 9.17) is 0 Å². The molecule has 2 rings (SSSR count). The standard InChI is InChI=1S/C13H20N2O/c1-2-8-15-9-7-14-13(15)10-11-3-5-12(16)6-4-11/h7,9,11H,2-6,8,10H2,1H3. The highest BCUT2D eigenvalue weighted by Crippen LogP contribution is 2.24. The van der Waals surface area contributed by atoms with Crippen LogP contribution in [0.15, 0.2) is 12.4 Å². The summed E-state index contributed by atoms with van der Waals surface area (Å²) in [6, 6.07) is 0. The third-order valence-electron chi connectivity index (χ3n) is 3.40. The summed E-state index contributed by atoms with van der Waals surface area (Å²) in [6.07, 6.45) is 9.80. The van der Waals surface area contributed by atoms with E-state index in [-0.39, 0.29) is 0 Å². The Bertz CT molecular complexity index is 347. The summed E-state index contributed by atoms with van der Waals surface area (Å²) < 4.78 is 2.25. The van der Waals surface area contributed by atoms with Gasteiger partial charge in [-0.2, -0.15) is 0 Å². The van der Waals surface area contributed by atoms with E-state index in [9.17, 15) is 4.79 Å². The van der Waals surface area contributed by atoms with Gasteiger partial charge in [0.25, 0.3) is 0 Å². The number of aromatic nitrogens is 2. The zero-order valence-electron chi connectivity index (χ0n) is 9.98. The van der Waals surface area contributed by atoms with Gasteiger partial charge in [-0.3, -0.25) is 4.79 Å². The number of nitrogens with zero attached hydrogens (tertiary/aromatic N) is 2. The second-order valence-corrected chi connectivity index (χ2v) is 4.72. The lowest BCUT2D eigenvalue weighted by molar-refractivity contribution is -0.121. The molecule has 0 aromatic carbocycles. The van der Waals surface area contributed by atoms with Gasteiger partial charge in [-0.05, 0) is 25.2 Å². The van der Waals surface area contributed by atoms with Crippen LogP contribution < -0.4 is 0 Å². The third-order valence-corrected chi connectivity index (χ3v) is 3.40. The van der Waals surface area contributed by atoms with Gasteiger partial charge in [0.15, 0.2) is 0 Å². The minimum Gasteiger partial charge on any atom is -0.335 e. The van der Waals surface area contributed by atoms with Crippen molar-refractivity contribution in [1.29, 1.82) is 0 Å². The van der Waals surface area contributed by atoms with Crippen LogP contribution in [0.3, 0.4) is 0 Å². The average Bonchev–Trinajstić information content (AvgIpc) is 2.70. The van der Waals surface area contributed by atoms with Crippen molar-refractivity contribution in [3.8, 4) is 0 Å². The van der Waals surface area contributed by atoms with Crippen LogP contribution in [0.5, 0.6) is 0 Å². The van der Waals surface area contributed by atoms with Gasteiger partial charge in [0.05, 0.1) is 0 Å². The summed E-state index contributed by atoms with van der Waals surface area (Å²) in [7, 11) is 0. The molecule has 1 aliphatic carbocycles. The van der Waals surface area contributed by atoms with Crippen LogP contribution in [0.25, 0.3) is 0 Å². The quantitative estimate of drug-likeness (QED) is 0.781. The van der Waals surface area contributed by atoms with Crippen molar-refractivity contribution in [3.63, 3.8) is 0 Å². The summed E-state index contributed by atoms with van der Waals surface area (Å²) in [5.41, 5.74) is 0. The van der Waals surface area contributed by atoms with E-state index in [1.807, 2.05) is 6.20 Å². The van der Waals surface area contributed by atoms with E-state index in [0.29, 0.717) is 11.7 Å². The highest BCUT2D eigenvalue weighted by atomic mass is 16.1. The molecule has 1 saturated carbocycles. The van der Waals surface area contributed by atoms with E-state index in [2.05, 4.69) is 22.7 Å². The van der Waals surface area contributed by atoms with Crippen molar-refractivity contribution in [3.05, 3.63) is 18.2 Å². The van der Waals surface area contributed by atoms with Gasteiger partial charge in [-0.15, -0.1) is 0 Å². The number of rotatable bonds is 4. The summed E-state index contributed by atoms with van der Waals surface area (Å²) in [6.45, 7) is 3.24. The van der Waals surface area contributed by atoms with Crippen molar-refractivity contribution in [2.75, 3.05) is 0 Å². The van der Waals surface area contributed by atoms with Crippen LogP contribution >= 0.6 is 0 Å². The first kappa shape index (κ1) is 11.4. The number of hydrogen-bond donors (Lipinski definition) is 0. The Morgan fingerprint density at radius 3 is 2.88 bits per heavy atom. The average molecular weight is 220 g/mol. The molecule has 0 spiro atoms. The fraction of sp³-hybridized carbons (Fsp3) is 0.692. The van der Waals surface area contributed by atoms with Crippen LogP contribution in [0, 0.1) is 5.92 Å². The van der Waals surface area contributed by atoms with Crippen molar-refractivity contribution in [1.82, 2.24) is 9.55 Å². The molecule has 1 aliphatic rings. The van der Waals surface area contributed by atoms with E-state index in [1.165, 1.54) is 5.82 Å². The Morgan fingerprint density at radius 2 is 2.19 bits per heavy atom. The molecule has 0 N–H and O–H groups in total. The van der Waals surface area contributed by atoms with Gasteiger partial charge < -0.3 is 4.57 Å². The smallest absolute Gasteiger partial charge is 0.132 e. The number of imidazole rings is 1. The molecule has 0 unspecified atom stereocenters. The van der Waals surface area contributed by atoms with Crippen molar-refractivity contribution in [2.24, 2.45) is 5.92 Å². The molecule has 0 radical (unpaired) electrons. The number of hydrogen-bond acceptors (Lipinski definition) is 2. The molecule has 1 aromatic rings. The van der Waals surface area contributed by atoms with Gasteiger partial charge >= 0.3 is 0 Å². The van der Waals surface area contributed by atoms with Crippen molar-refractivity contribution < 1.29 is 4.79 Å². The van der Waals surface area contributed by atoms with E-state index >= 15 is 0 Å². The predicted octanol–water partition coefficient (Wildman–Crippen LogP) is 2.59. The topological polar surface area (TPSA) is 34.9 Å². The Balaban J connectivity index is 1.93. The monoisotopic (exact) mass is 220 g/mol. The SMILES string of the molecule is CCCn1ccnc1CC1CCC(=O)CC1. The van der Waals surface area contributed by atoms with Crippen LogP contribution in [0.4, 0.5) is 0 Å². The minimum absolute atomic E-state index is 0.438. The Hall–Kier alpha value is -1.12. The van der Waals surface area contributed by atoms with Gasteiger partial charge in [0.1, 0.15) is 11.6 Å². The lowest BCUT2D eigenvalue weighted by atomic mass is 9.86. The highest BCUT2D eigenvalue weighted by Gasteiger charge is 2.20. The first-order chi connectivity index (χ1) is 7.79. The highest BCUT2D eigenvalue weighted by molar-refractivity contribution is 5.79. The number of ketones is 1. The molecule has 3 nitrogen and oxygen atoms in total. The molecule has 1 heterocycles. The molecule has 88 valence electrons. The fourth-order valence-electron chi connectivity index (χ4n) is 2.44. The molecule has 0 amide bonds. The van der Waals surface area contributed by atoms with Gasteiger partial charge in [0, 0.05) is 38.2 Å². The molecule has 1 aromatic heterocycles. The summed E-state index contributed by atoms with van der Waals surface area (Å²) in [4.78, 5) is 15.6. The maximum atomic E-state index is 11.2. The van der Waals surface area contributed by atoms with Crippen LogP contribution in [0.2, 0.25) is 0 Å². The van der Waals surface area contributed by atoms with E-state index in [1.54, 1.807) is 0 Å². The van der Waals surface area contributed by atoms with Gasteiger partial charge in [-0.1, -0.05) is 6.92 Å². The second-order valence-electron chi connectivity index (χ2n) is 4.72. The molecule has 0 bridgehead atoms. The van der Waals surface area contributed by atoms with Crippen LogP contribution in [-0.2, 0) is 17.8 Å². The first-order valence-corrected chi connectivity index (χ1v) is 6.31. The van der Waals surface area contributed by atoms with Gasteiger partial charge in [-0.25, -0.2) is 4.98 Å². The Morgan fingerprint density at radius 1 is 1.44 bits per heavy atom. The largest absolute Gasteiger partial charge is 0.335 e. The van der Waals surface area contributed by atoms with Gasteiger partial charge in [0.2, 0.25) is 0 Å². The van der Waals surface area contributed by atoms with Crippen molar-refractivity contribution in [2.45, 2.75) is 52.0 Å². The van der Waals surface area contributed by atoms with Crippen molar-refractivity contribution >= 4 is 5.78 Å². The minimum atomic E-state index is 0.438. The molecule has 3 heteroatoms. The number of aryl methyl sites for hydroxylation is 1. The predicted molar refractivity (Wildman–Crippen MR) is 63.2 cm³/mol. The molecule has 1 fully saturated rings. The summed E-state index contributed by atoms with van der Waals surface area (Å²) in [5.74, 6) is 2.30. The maximum absolute atomic E-state index is 11.2. The number of carbonyl (C=O) groups excluding carboxylic acids is 1. The molecule has 16 heavy (non-hydrogen) atoms. The lowest BCUT2D eigenvalue weighted by Gasteiger charge is -2.20. The molecule has 0 aliphatic heterocycles. The van der Waals surface area contributed by atoms with Crippen LogP contribution in [0.1, 0.15) is 44.9 Å². The second kappa shape index (κ2) is 5.28. The Labute approximate surface area is 96.9 Å². The number of Topliss-reactive ketones (excluding diaryl/α,β-unsaturated/α-hetero) is 1. The lowest BCUT2D eigenvalue weighted by Crippen LogP contribution is -2.17. The number of carbonyl (C=O) groups is 1. The third kappa shape index (κ3) is 2.71. The fourth-order valence-corrected chi connectivity index (χ4v) is 2.44. The zero-order chi connectivity index (χ0) is 11.4. The normalized spacial score (nSPS) is 17.9. The van der Waals surface area contributed by atoms with Crippen LogP contribution in [-0.4, -0.2) is 15.3 Å². The molecular formula is C13H20N2O.